The Labute approximate surface area is 222 Å². The van der Waals surface area contributed by atoms with Crippen molar-refractivity contribution >= 4 is 49.9 Å². The summed E-state index contributed by atoms with van der Waals surface area (Å²) in [5.41, 5.74) is 8.42. The number of anilines is 1. The van der Waals surface area contributed by atoms with Gasteiger partial charge in [-0.15, -0.1) is 0 Å². The lowest BCUT2D eigenvalue weighted by molar-refractivity contribution is 0.214. The van der Waals surface area contributed by atoms with Gasteiger partial charge in [0.25, 0.3) is 0 Å². The average molecular weight is 566 g/mol. The van der Waals surface area contributed by atoms with E-state index in [1.807, 2.05) is 17.0 Å². The van der Waals surface area contributed by atoms with Crippen LogP contribution in [0.15, 0.2) is 42.7 Å². The van der Waals surface area contributed by atoms with Crippen LogP contribution in [0.2, 0.25) is 10.0 Å². The number of benzene rings is 1. The highest BCUT2D eigenvalue weighted by molar-refractivity contribution is 7.88. The lowest BCUT2D eigenvalue weighted by atomic mass is 10.1. The Morgan fingerprint density at radius 3 is 2.54 bits per heavy atom. The van der Waals surface area contributed by atoms with Gasteiger partial charge in [0, 0.05) is 49.5 Å². The number of piperazine rings is 1. The van der Waals surface area contributed by atoms with Crippen LogP contribution in [0.4, 0.5) is 10.2 Å². The molecule has 0 aliphatic carbocycles. The van der Waals surface area contributed by atoms with E-state index in [1.54, 1.807) is 24.4 Å². The van der Waals surface area contributed by atoms with Crippen molar-refractivity contribution in [3.8, 4) is 17.0 Å². The second-order valence-corrected chi connectivity index (χ2v) is 11.3. The number of pyridine rings is 2. The van der Waals surface area contributed by atoms with Crippen LogP contribution in [0.1, 0.15) is 11.8 Å². The Hall–Kier alpha value is -3.03. The summed E-state index contributed by atoms with van der Waals surface area (Å²) in [6.45, 7) is 1.95. The third-order valence-electron chi connectivity index (χ3n) is 6.10. The van der Waals surface area contributed by atoms with Crippen LogP contribution in [-0.4, -0.2) is 65.3 Å². The molecule has 0 spiro atoms. The van der Waals surface area contributed by atoms with Crippen molar-refractivity contribution in [3.63, 3.8) is 0 Å². The molecule has 37 heavy (non-hydrogen) atoms. The van der Waals surface area contributed by atoms with Crippen LogP contribution in [0.3, 0.4) is 0 Å². The number of H-pyrrole nitrogens is 1. The molecule has 10 nitrogen and oxygen atoms in total. The van der Waals surface area contributed by atoms with E-state index in [0.717, 1.165) is 28.5 Å². The number of nitrogens with two attached hydrogens (primary N) is 1. The number of aromatic amines is 1. The molecular weight excluding hydrogens is 544 g/mol. The minimum atomic E-state index is -3.20. The van der Waals surface area contributed by atoms with Crippen molar-refractivity contribution < 1.29 is 17.5 Å². The fraction of sp³-hybridized carbons (Fsp3) is 0.261. The van der Waals surface area contributed by atoms with Crippen LogP contribution >= 0.6 is 23.2 Å². The highest BCUT2D eigenvalue weighted by atomic mass is 35.5. The van der Waals surface area contributed by atoms with Gasteiger partial charge < -0.3 is 9.64 Å². The van der Waals surface area contributed by atoms with E-state index < -0.39 is 22.2 Å². The number of sulfonamides is 1. The van der Waals surface area contributed by atoms with Gasteiger partial charge in [0.1, 0.15) is 22.3 Å². The predicted octanol–water partition coefficient (Wildman–Crippen LogP) is 3.58. The molecule has 0 unspecified atom stereocenters. The van der Waals surface area contributed by atoms with Gasteiger partial charge in [0.2, 0.25) is 16.0 Å². The molecule has 0 radical (unpaired) electrons. The van der Waals surface area contributed by atoms with Crippen LogP contribution in [0.5, 0.6) is 5.75 Å². The number of nitrogens with zero attached hydrogens (tertiary/aromatic N) is 5. The minimum Gasteiger partial charge on any atom is -0.471 e. The van der Waals surface area contributed by atoms with E-state index in [1.165, 1.54) is 10.6 Å². The van der Waals surface area contributed by atoms with Crippen LogP contribution in [0, 0.1) is 5.95 Å². The zero-order valence-corrected chi connectivity index (χ0v) is 21.9. The zero-order chi connectivity index (χ0) is 26.3. The van der Waals surface area contributed by atoms with Gasteiger partial charge in [-0.2, -0.15) is 13.8 Å². The highest BCUT2D eigenvalue weighted by Crippen LogP contribution is 2.34. The fourth-order valence-electron chi connectivity index (χ4n) is 4.17. The van der Waals surface area contributed by atoms with E-state index in [4.69, 9.17) is 33.7 Å². The summed E-state index contributed by atoms with van der Waals surface area (Å²) >= 11 is 12.1. The van der Waals surface area contributed by atoms with E-state index in [-0.39, 0.29) is 15.6 Å². The molecule has 1 aliphatic rings. The van der Waals surface area contributed by atoms with E-state index in [2.05, 4.69) is 20.2 Å². The Kier molecular flexibility index (Phi) is 6.94. The van der Waals surface area contributed by atoms with Crippen LogP contribution in [-0.2, 0) is 10.0 Å². The minimum absolute atomic E-state index is 0.0906. The van der Waals surface area contributed by atoms with Crippen molar-refractivity contribution in [1.29, 1.82) is 0 Å². The smallest absolute Gasteiger partial charge is 0.232 e. The molecule has 5 rings (SSSR count). The number of hydrogen-bond acceptors (Lipinski definition) is 8. The molecule has 4 heterocycles. The first-order chi connectivity index (χ1) is 17.6. The Morgan fingerprint density at radius 2 is 1.86 bits per heavy atom. The predicted molar refractivity (Wildman–Crippen MR) is 140 cm³/mol. The lowest BCUT2D eigenvalue weighted by Crippen LogP contribution is -2.48. The maximum absolute atomic E-state index is 13.8. The number of aromatic nitrogens is 4. The molecule has 3 aromatic heterocycles. The molecule has 1 atom stereocenters. The molecule has 3 N–H and O–H groups in total. The Morgan fingerprint density at radius 1 is 1.11 bits per heavy atom. The van der Waals surface area contributed by atoms with Gasteiger partial charge in [-0.05, 0) is 30.3 Å². The second kappa shape index (κ2) is 10.0. The first-order valence-corrected chi connectivity index (χ1v) is 13.8. The zero-order valence-electron chi connectivity index (χ0n) is 19.5. The molecule has 0 bridgehead atoms. The summed E-state index contributed by atoms with van der Waals surface area (Å²) in [4.78, 5) is 10.1. The van der Waals surface area contributed by atoms with E-state index in [9.17, 15) is 12.8 Å². The monoisotopic (exact) mass is 565 g/mol. The molecule has 4 aromatic rings. The average Bonchev–Trinajstić information content (AvgIpc) is 3.29. The van der Waals surface area contributed by atoms with Crippen molar-refractivity contribution in [2.45, 2.75) is 6.23 Å². The number of hydrogen-bond donors (Lipinski definition) is 2. The summed E-state index contributed by atoms with van der Waals surface area (Å²) in [7, 11) is -3.20. The number of nitrogens with one attached hydrogen (secondary N) is 1. The van der Waals surface area contributed by atoms with Gasteiger partial charge in [-0.25, -0.2) is 18.4 Å². The molecule has 1 fully saturated rings. The van der Waals surface area contributed by atoms with Crippen molar-refractivity contribution in [1.82, 2.24) is 24.5 Å². The standard InChI is InChI=1S/C23H22Cl2FN7O3S/c1-37(34,35)33-8-6-32(7-9-33)18-5-2-13(11-28-18)21-15-10-14(3-4-17(15)30-31-21)36-23(27)19-16(24)12-29-22(26)20(19)25/h2-5,10-12,23H,6-9,27H2,1H3,(H,30,31)/t23-/m0/s1. The number of ether oxygens (including phenoxy) is 1. The number of halogens is 3. The largest absolute Gasteiger partial charge is 0.471 e. The molecule has 1 saturated heterocycles. The lowest BCUT2D eigenvalue weighted by Gasteiger charge is -2.33. The van der Waals surface area contributed by atoms with Gasteiger partial charge in [0.15, 0.2) is 6.23 Å². The van der Waals surface area contributed by atoms with Gasteiger partial charge in [-0.3, -0.25) is 10.8 Å². The van der Waals surface area contributed by atoms with Gasteiger partial charge in [-0.1, -0.05) is 23.2 Å². The van der Waals surface area contributed by atoms with Crippen molar-refractivity contribution in [2.75, 3.05) is 37.3 Å². The third-order valence-corrected chi connectivity index (χ3v) is 8.06. The molecular formula is C23H22Cl2FN7O3S. The van der Waals surface area contributed by atoms with E-state index in [0.29, 0.717) is 37.6 Å². The fourth-order valence-corrected chi connectivity index (χ4v) is 5.55. The Bertz CT molecular complexity index is 1560. The molecule has 1 aliphatic heterocycles. The SMILES string of the molecule is CS(=O)(=O)N1CCN(c2ccc(-c3n[nH]c4ccc(O[C@H](N)c5c(Cl)cnc(F)c5Cl)cc34)cn2)CC1. The van der Waals surface area contributed by atoms with Gasteiger partial charge in [0.05, 0.1) is 22.4 Å². The first kappa shape index (κ1) is 25.6. The van der Waals surface area contributed by atoms with Crippen LogP contribution < -0.4 is 15.4 Å². The van der Waals surface area contributed by atoms with Gasteiger partial charge >= 0.3 is 0 Å². The first-order valence-electron chi connectivity index (χ1n) is 11.2. The summed E-state index contributed by atoms with van der Waals surface area (Å²) < 4.78 is 44.6. The highest BCUT2D eigenvalue weighted by Gasteiger charge is 2.24. The summed E-state index contributed by atoms with van der Waals surface area (Å²) in [5, 5.41) is 7.96. The maximum atomic E-state index is 13.8. The van der Waals surface area contributed by atoms with Crippen molar-refractivity contribution in [2.24, 2.45) is 5.73 Å². The second-order valence-electron chi connectivity index (χ2n) is 8.50. The quantitative estimate of drug-likeness (QED) is 0.268. The topological polar surface area (TPSA) is 130 Å². The number of rotatable bonds is 6. The van der Waals surface area contributed by atoms with E-state index >= 15 is 0 Å². The normalized spacial score (nSPS) is 15.8. The maximum Gasteiger partial charge on any atom is 0.232 e. The molecule has 1 aromatic carbocycles. The Balaban J connectivity index is 1.36. The summed E-state index contributed by atoms with van der Waals surface area (Å²) in [6.07, 6.45) is 2.93. The third kappa shape index (κ3) is 5.20. The van der Waals surface area contributed by atoms with Crippen molar-refractivity contribution in [3.05, 3.63) is 64.3 Å². The molecule has 0 saturated carbocycles. The molecule has 0 amide bonds. The molecule has 14 heteroatoms. The van der Waals surface area contributed by atoms with Crippen LogP contribution in [0.25, 0.3) is 22.2 Å². The summed E-state index contributed by atoms with van der Waals surface area (Å²) in [6, 6.07) is 9.02. The number of fused-ring (bicyclic) bond motifs is 1. The molecule has 194 valence electrons. The summed E-state index contributed by atoms with van der Waals surface area (Å²) in [5.74, 6) is 0.270.